The van der Waals surface area contributed by atoms with Crippen LogP contribution >= 0.6 is 0 Å². The van der Waals surface area contributed by atoms with Crippen LogP contribution < -0.4 is 15.2 Å². The second-order valence-electron chi connectivity index (χ2n) is 7.15. The Morgan fingerprint density at radius 2 is 1.97 bits per heavy atom. The summed E-state index contributed by atoms with van der Waals surface area (Å²) in [7, 11) is 0. The molecular weight excluding hydrogens is 370 g/mol. The van der Waals surface area contributed by atoms with E-state index < -0.39 is 18.0 Å². The monoisotopic (exact) mass is 389 g/mol. The molecule has 0 saturated heterocycles. The van der Waals surface area contributed by atoms with Crippen molar-refractivity contribution in [2.45, 2.75) is 18.5 Å². The molecule has 7 heteroatoms. The molecule has 2 atom stereocenters. The molecule has 0 unspecified atom stereocenters. The van der Waals surface area contributed by atoms with Crippen molar-refractivity contribution in [3.05, 3.63) is 71.9 Å². The van der Waals surface area contributed by atoms with Gasteiger partial charge in [-0.3, -0.25) is 9.59 Å². The first-order valence-electron chi connectivity index (χ1n) is 9.31. The number of benzene rings is 2. The molecule has 2 aliphatic heterocycles. The Labute approximate surface area is 166 Å². The molecule has 2 aliphatic rings. The predicted octanol–water partition coefficient (Wildman–Crippen LogP) is 2.41. The number of nitrogens with zero attached hydrogens (tertiary/aromatic N) is 1. The van der Waals surface area contributed by atoms with E-state index >= 15 is 0 Å². The van der Waals surface area contributed by atoms with Gasteiger partial charge in [0.25, 0.3) is 0 Å². The van der Waals surface area contributed by atoms with Crippen LogP contribution in [0.15, 0.2) is 55.1 Å². The zero-order valence-electron chi connectivity index (χ0n) is 15.6. The number of carbonyl (C=O) groups is 2. The molecule has 0 saturated carbocycles. The number of aromatic nitrogens is 1. The summed E-state index contributed by atoms with van der Waals surface area (Å²) >= 11 is 0. The van der Waals surface area contributed by atoms with E-state index in [0.717, 1.165) is 27.7 Å². The highest BCUT2D eigenvalue weighted by Gasteiger charge is 2.42. The van der Waals surface area contributed by atoms with Gasteiger partial charge in [-0.1, -0.05) is 30.8 Å². The normalized spacial score (nSPS) is 19.8. The minimum atomic E-state index is -0.789. The fourth-order valence-corrected chi connectivity index (χ4v) is 4.32. The molecule has 29 heavy (non-hydrogen) atoms. The Morgan fingerprint density at radius 1 is 1.17 bits per heavy atom. The Morgan fingerprint density at radius 3 is 2.76 bits per heavy atom. The van der Waals surface area contributed by atoms with Gasteiger partial charge in [0.15, 0.2) is 11.5 Å². The summed E-state index contributed by atoms with van der Waals surface area (Å²) < 4.78 is 10.9. The maximum atomic E-state index is 12.9. The van der Waals surface area contributed by atoms with Crippen LogP contribution in [0.3, 0.4) is 0 Å². The van der Waals surface area contributed by atoms with Gasteiger partial charge in [0.2, 0.25) is 18.6 Å². The van der Waals surface area contributed by atoms with E-state index in [1.807, 2.05) is 42.5 Å². The van der Waals surface area contributed by atoms with E-state index in [2.05, 4.69) is 11.6 Å². The van der Waals surface area contributed by atoms with Gasteiger partial charge in [0, 0.05) is 23.0 Å². The second kappa shape index (κ2) is 6.41. The minimum absolute atomic E-state index is 0.153. The standard InChI is InChI=1S/C22H19N3O4/c1-2-19(26)25-16(22(23)27)10-14-13-5-3-4-6-15(13)24-20(14)21(25)12-7-8-17-18(9-12)29-11-28-17/h2-9,16,21,24H,1,10-11H2,(H2,23,27)/t16-,21-/m1/s1. The summed E-state index contributed by atoms with van der Waals surface area (Å²) in [6.07, 6.45) is 1.55. The largest absolute Gasteiger partial charge is 0.454 e. The van der Waals surface area contributed by atoms with Crippen molar-refractivity contribution in [3.8, 4) is 11.5 Å². The number of rotatable bonds is 3. The third-order valence-electron chi connectivity index (χ3n) is 5.60. The number of ether oxygens (including phenoxy) is 2. The molecule has 3 aromatic rings. The highest BCUT2D eigenvalue weighted by atomic mass is 16.7. The molecular formula is C22H19N3O4. The number of H-pyrrole nitrogens is 1. The molecule has 3 N–H and O–H groups in total. The molecule has 5 rings (SSSR count). The predicted molar refractivity (Wildman–Crippen MR) is 106 cm³/mol. The van der Waals surface area contributed by atoms with Crippen molar-refractivity contribution in [2.75, 3.05) is 6.79 Å². The summed E-state index contributed by atoms with van der Waals surface area (Å²) in [5.41, 5.74) is 9.31. The van der Waals surface area contributed by atoms with Crippen molar-refractivity contribution in [1.29, 1.82) is 0 Å². The molecule has 2 aromatic carbocycles. The SMILES string of the molecule is C=CC(=O)N1[C@H](c2ccc3c(c2)OCO3)c2[nH]c3ccccc3c2C[C@@H]1C(N)=O. The highest BCUT2D eigenvalue weighted by molar-refractivity contribution is 5.95. The Balaban J connectivity index is 1.77. The van der Waals surface area contributed by atoms with Gasteiger partial charge in [-0.05, 0) is 35.4 Å². The molecule has 0 radical (unpaired) electrons. The van der Waals surface area contributed by atoms with Crippen LogP contribution in [0, 0.1) is 0 Å². The van der Waals surface area contributed by atoms with Crippen LogP contribution in [0.1, 0.15) is 22.9 Å². The van der Waals surface area contributed by atoms with Crippen molar-refractivity contribution in [2.24, 2.45) is 5.73 Å². The molecule has 3 heterocycles. The van der Waals surface area contributed by atoms with Crippen molar-refractivity contribution in [3.63, 3.8) is 0 Å². The maximum Gasteiger partial charge on any atom is 0.247 e. The first-order valence-corrected chi connectivity index (χ1v) is 9.31. The third kappa shape index (κ3) is 2.58. The van der Waals surface area contributed by atoms with Gasteiger partial charge in [-0.15, -0.1) is 0 Å². The van der Waals surface area contributed by atoms with Crippen LogP contribution in [0.25, 0.3) is 10.9 Å². The number of nitrogens with two attached hydrogens (primary N) is 1. The number of primary amides is 1. The lowest BCUT2D eigenvalue weighted by atomic mass is 9.87. The molecule has 0 spiro atoms. The maximum absolute atomic E-state index is 12.9. The number of hydrogen-bond donors (Lipinski definition) is 2. The van der Waals surface area contributed by atoms with Crippen LogP contribution in [-0.4, -0.2) is 34.5 Å². The summed E-state index contributed by atoms with van der Waals surface area (Å²) in [4.78, 5) is 30.2. The van der Waals surface area contributed by atoms with Crippen molar-refractivity contribution < 1.29 is 19.1 Å². The zero-order valence-corrected chi connectivity index (χ0v) is 15.6. The van der Waals surface area contributed by atoms with Gasteiger partial charge >= 0.3 is 0 Å². The van der Waals surface area contributed by atoms with Gasteiger partial charge in [-0.2, -0.15) is 0 Å². The number of aromatic amines is 1. The van der Waals surface area contributed by atoms with Gasteiger partial charge < -0.3 is 25.1 Å². The second-order valence-corrected chi connectivity index (χ2v) is 7.15. The zero-order chi connectivity index (χ0) is 20.1. The number of fused-ring (bicyclic) bond motifs is 4. The lowest BCUT2D eigenvalue weighted by Crippen LogP contribution is -2.53. The summed E-state index contributed by atoms with van der Waals surface area (Å²) in [6.45, 7) is 3.77. The van der Waals surface area contributed by atoms with Crippen molar-refractivity contribution in [1.82, 2.24) is 9.88 Å². The van der Waals surface area contributed by atoms with Gasteiger partial charge in [0.1, 0.15) is 6.04 Å². The fourth-order valence-electron chi connectivity index (χ4n) is 4.32. The van der Waals surface area contributed by atoms with E-state index in [-0.39, 0.29) is 12.7 Å². The third-order valence-corrected chi connectivity index (χ3v) is 5.60. The summed E-state index contributed by atoms with van der Waals surface area (Å²) in [6, 6.07) is 12.1. The van der Waals surface area contributed by atoms with Gasteiger partial charge in [0.05, 0.1) is 6.04 Å². The smallest absolute Gasteiger partial charge is 0.247 e. The molecule has 7 nitrogen and oxygen atoms in total. The summed E-state index contributed by atoms with van der Waals surface area (Å²) in [5.74, 6) is 0.337. The van der Waals surface area contributed by atoms with E-state index in [1.165, 1.54) is 11.0 Å². The van der Waals surface area contributed by atoms with Crippen LogP contribution in [0.2, 0.25) is 0 Å². The fraction of sp³-hybridized carbons (Fsp3) is 0.182. The van der Waals surface area contributed by atoms with E-state index in [0.29, 0.717) is 17.9 Å². The van der Waals surface area contributed by atoms with E-state index in [1.54, 1.807) is 0 Å². The van der Waals surface area contributed by atoms with E-state index in [9.17, 15) is 9.59 Å². The number of hydrogen-bond acceptors (Lipinski definition) is 4. The van der Waals surface area contributed by atoms with Crippen LogP contribution in [0.5, 0.6) is 11.5 Å². The highest BCUT2D eigenvalue weighted by Crippen LogP contribution is 2.43. The molecule has 2 amide bonds. The van der Waals surface area contributed by atoms with Crippen LogP contribution in [0.4, 0.5) is 0 Å². The Hall–Kier alpha value is -3.74. The average molecular weight is 389 g/mol. The molecule has 0 aliphatic carbocycles. The van der Waals surface area contributed by atoms with E-state index in [4.69, 9.17) is 15.2 Å². The Kier molecular flexibility index (Phi) is 3.84. The molecule has 0 fully saturated rings. The lowest BCUT2D eigenvalue weighted by Gasteiger charge is -2.40. The molecule has 146 valence electrons. The van der Waals surface area contributed by atoms with Gasteiger partial charge in [-0.25, -0.2) is 0 Å². The average Bonchev–Trinajstić information content (AvgIpc) is 3.35. The first-order chi connectivity index (χ1) is 14.1. The minimum Gasteiger partial charge on any atom is -0.454 e. The lowest BCUT2D eigenvalue weighted by molar-refractivity contribution is -0.138. The molecule has 1 aromatic heterocycles. The number of amides is 2. The molecule has 0 bridgehead atoms. The topological polar surface area (TPSA) is 97.7 Å². The number of carbonyl (C=O) groups excluding carboxylic acids is 2. The quantitative estimate of drug-likeness (QED) is 0.672. The van der Waals surface area contributed by atoms with Crippen LogP contribution in [-0.2, 0) is 16.0 Å². The summed E-state index contributed by atoms with van der Waals surface area (Å²) in [5, 5.41) is 1.02. The Bertz CT molecular complexity index is 1170. The first kappa shape index (κ1) is 17.4. The van der Waals surface area contributed by atoms with Crippen molar-refractivity contribution >= 4 is 22.7 Å². The number of nitrogens with one attached hydrogen (secondary N) is 1. The number of para-hydroxylation sites is 1.